The SMILES string of the molecule is Cc1cccc(-c2ccc(-c3ccccc3C)[n+](C)c2)n1.Cc1ccccc1-c1ccc(-c2cccc(C(C)C)n2)c[n+]1C.Cc1ccccc1-c1ccc(-c2cccnc2)c[n+]1C.Cc1ccccc1-c1ccc(-c2ccncc2)c[n+]1C. The molecule has 0 saturated carbocycles. The monoisotopic (exact) mass is 1100 g/mol. The van der Waals surface area contributed by atoms with Crippen molar-refractivity contribution in [3.05, 3.63) is 289 Å². The predicted octanol–water partition coefficient (Wildman–Crippen LogP) is 15.6. The summed E-state index contributed by atoms with van der Waals surface area (Å²) in [5, 5.41) is 0. The Morgan fingerprint density at radius 1 is 0.298 bits per heavy atom. The second-order valence-corrected chi connectivity index (χ2v) is 21.7. The normalized spacial score (nSPS) is 10.7. The molecule has 0 atom stereocenters. The summed E-state index contributed by atoms with van der Waals surface area (Å²) in [4.78, 5) is 17.6. The van der Waals surface area contributed by atoms with Gasteiger partial charge in [0.1, 0.15) is 28.2 Å². The highest BCUT2D eigenvalue weighted by molar-refractivity contribution is 5.69. The number of hydrogen-bond acceptors (Lipinski definition) is 4. The minimum Gasteiger partial charge on any atom is -0.265 e. The molecule has 0 aliphatic heterocycles. The zero-order valence-electron chi connectivity index (χ0n) is 50.4. The van der Waals surface area contributed by atoms with E-state index in [9.17, 15) is 0 Å². The Kier molecular flexibility index (Phi) is 19.4. The van der Waals surface area contributed by atoms with Gasteiger partial charge in [-0.2, -0.15) is 0 Å². The van der Waals surface area contributed by atoms with Gasteiger partial charge < -0.3 is 0 Å². The molecule has 84 heavy (non-hydrogen) atoms. The summed E-state index contributed by atoms with van der Waals surface area (Å²) in [6.45, 7) is 14.9. The number of pyridine rings is 8. The molecule has 0 saturated heterocycles. The van der Waals surface area contributed by atoms with Crippen LogP contribution in [0.2, 0.25) is 0 Å². The molecule has 0 unspecified atom stereocenters. The topological polar surface area (TPSA) is 67.1 Å². The van der Waals surface area contributed by atoms with E-state index in [0.29, 0.717) is 5.92 Å². The van der Waals surface area contributed by atoms with Gasteiger partial charge in [-0.05, 0) is 159 Å². The molecule has 8 nitrogen and oxygen atoms in total. The van der Waals surface area contributed by atoms with Crippen LogP contribution in [0.5, 0.6) is 0 Å². The molecule has 0 radical (unpaired) electrons. The van der Waals surface area contributed by atoms with E-state index < -0.39 is 0 Å². The van der Waals surface area contributed by atoms with Crippen molar-refractivity contribution in [1.29, 1.82) is 0 Å². The van der Waals surface area contributed by atoms with Gasteiger partial charge >= 0.3 is 0 Å². The molecule has 8 heterocycles. The Bertz CT molecular complexity index is 4040. The summed E-state index contributed by atoms with van der Waals surface area (Å²) in [6.07, 6.45) is 16.0. The first-order valence-electron chi connectivity index (χ1n) is 28.7. The molecule has 0 spiro atoms. The van der Waals surface area contributed by atoms with Crippen LogP contribution in [-0.4, -0.2) is 19.9 Å². The third-order valence-corrected chi connectivity index (χ3v) is 15.1. The smallest absolute Gasteiger partial charge is 0.212 e. The van der Waals surface area contributed by atoms with Crippen molar-refractivity contribution in [2.75, 3.05) is 0 Å². The van der Waals surface area contributed by atoms with E-state index in [2.05, 4.69) is 304 Å². The number of aromatic nitrogens is 8. The third kappa shape index (κ3) is 14.6. The van der Waals surface area contributed by atoms with Gasteiger partial charge in [0.2, 0.25) is 22.8 Å². The summed E-state index contributed by atoms with van der Waals surface area (Å²) < 4.78 is 8.70. The second-order valence-electron chi connectivity index (χ2n) is 21.7. The number of benzene rings is 4. The highest BCUT2D eigenvalue weighted by Crippen LogP contribution is 2.28. The van der Waals surface area contributed by atoms with Crippen molar-refractivity contribution in [1.82, 2.24) is 19.9 Å². The number of aryl methyl sites for hydroxylation is 9. The van der Waals surface area contributed by atoms with E-state index in [1.807, 2.05) is 55.8 Å². The van der Waals surface area contributed by atoms with Gasteiger partial charge in [0, 0.05) is 99.4 Å². The summed E-state index contributed by atoms with van der Waals surface area (Å²) in [5.41, 5.74) is 26.3. The molecule has 0 fully saturated rings. The lowest BCUT2D eigenvalue weighted by atomic mass is 10.0. The number of rotatable bonds is 9. The standard InChI is InChI=1S/C21H23N2.C19H19N2.2C18H17N2/c1-15(2)19-10-7-11-20(22-19)17-12-13-21(23(4)14-17)18-9-6-5-8-16(18)3;1-14-7-4-5-9-17(14)19-12-11-16(13-21(19)3)18-10-6-8-15(2)20-18;1-14-6-3-4-8-17(14)18-10-9-16(13-20(18)2)15-7-5-11-19-12-15;1-14-5-3-4-6-17(14)18-8-7-16(13-20(18)2)15-9-11-19-12-10-15/h5-15H,1-4H3;4-13H,1-3H3;2*3-13H,1-2H3/q4*+1. The Labute approximate surface area is 497 Å². The fourth-order valence-corrected chi connectivity index (χ4v) is 10.4. The molecular formula is C76H76N8+4. The van der Waals surface area contributed by atoms with Gasteiger partial charge in [0.05, 0.1) is 22.5 Å². The van der Waals surface area contributed by atoms with Crippen molar-refractivity contribution >= 4 is 0 Å². The lowest BCUT2D eigenvalue weighted by Gasteiger charge is -2.08. The molecule has 0 aliphatic carbocycles. The predicted molar refractivity (Wildman–Crippen MR) is 343 cm³/mol. The first-order chi connectivity index (χ1) is 40.7. The van der Waals surface area contributed by atoms with Gasteiger partial charge in [-0.15, -0.1) is 0 Å². The molecule has 12 rings (SSSR count). The molecule has 4 aromatic carbocycles. The maximum Gasteiger partial charge on any atom is 0.212 e. The third-order valence-electron chi connectivity index (χ3n) is 15.1. The summed E-state index contributed by atoms with van der Waals surface area (Å²) in [6, 6.07) is 71.7. The average Bonchev–Trinajstić information content (AvgIpc) is 3.69. The van der Waals surface area contributed by atoms with Gasteiger partial charge in [-0.3, -0.25) is 19.9 Å². The van der Waals surface area contributed by atoms with E-state index in [-0.39, 0.29) is 0 Å². The Morgan fingerprint density at radius 2 is 0.679 bits per heavy atom. The number of hydrogen-bond donors (Lipinski definition) is 0. The molecule has 0 N–H and O–H groups in total. The largest absolute Gasteiger partial charge is 0.265 e. The van der Waals surface area contributed by atoms with Crippen LogP contribution >= 0.6 is 0 Å². The summed E-state index contributed by atoms with van der Waals surface area (Å²) >= 11 is 0. The first kappa shape index (κ1) is 58.7. The molecule has 0 amide bonds. The van der Waals surface area contributed by atoms with Crippen molar-refractivity contribution in [3.8, 4) is 89.8 Å². The quantitative estimate of drug-likeness (QED) is 0.135. The minimum absolute atomic E-state index is 0.440. The molecular weight excluding hydrogens is 1020 g/mol. The minimum atomic E-state index is 0.440. The highest BCUT2D eigenvalue weighted by atomic mass is 14.9. The molecule has 416 valence electrons. The molecule has 0 aliphatic rings. The zero-order valence-corrected chi connectivity index (χ0v) is 50.4. The van der Waals surface area contributed by atoms with Crippen LogP contribution in [0.3, 0.4) is 0 Å². The molecule has 8 aromatic heterocycles. The van der Waals surface area contributed by atoms with Crippen molar-refractivity contribution in [2.45, 2.75) is 54.4 Å². The first-order valence-corrected chi connectivity index (χ1v) is 28.7. The van der Waals surface area contributed by atoms with Gasteiger partial charge in [-0.1, -0.05) is 105 Å². The Balaban J connectivity index is 0.000000135. The fraction of sp³-hybridized carbons (Fsp3) is 0.158. The van der Waals surface area contributed by atoms with Gasteiger partial charge in [-0.25, -0.2) is 18.3 Å². The molecule has 8 heteroatoms. The van der Waals surface area contributed by atoms with Crippen LogP contribution in [0.1, 0.15) is 53.4 Å². The van der Waals surface area contributed by atoms with E-state index >= 15 is 0 Å². The van der Waals surface area contributed by atoms with Crippen LogP contribution in [0.15, 0.2) is 256 Å². The second kappa shape index (κ2) is 27.7. The van der Waals surface area contributed by atoms with Crippen molar-refractivity contribution in [2.24, 2.45) is 28.2 Å². The highest BCUT2D eigenvalue weighted by Gasteiger charge is 2.18. The Morgan fingerprint density at radius 3 is 1.06 bits per heavy atom. The maximum absolute atomic E-state index is 4.79. The summed E-state index contributed by atoms with van der Waals surface area (Å²) in [7, 11) is 8.35. The Hall–Kier alpha value is -9.92. The molecule has 0 bridgehead atoms. The van der Waals surface area contributed by atoms with Crippen molar-refractivity contribution < 1.29 is 18.3 Å². The summed E-state index contributed by atoms with van der Waals surface area (Å²) in [5.74, 6) is 0.440. The van der Waals surface area contributed by atoms with Crippen LogP contribution in [0.4, 0.5) is 0 Å². The van der Waals surface area contributed by atoms with Crippen LogP contribution in [-0.2, 0) is 28.2 Å². The zero-order chi connectivity index (χ0) is 59.1. The van der Waals surface area contributed by atoms with E-state index in [1.54, 1.807) is 6.20 Å². The van der Waals surface area contributed by atoms with Crippen LogP contribution in [0.25, 0.3) is 89.8 Å². The van der Waals surface area contributed by atoms with Gasteiger partial charge in [0.25, 0.3) is 0 Å². The van der Waals surface area contributed by atoms with E-state index in [1.165, 1.54) is 84.0 Å². The van der Waals surface area contributed by atoms with Crippen molar-refractivity contribution in [3.63, 3.8) is 0 Å². The van der Waals surface area contributed by atoms with E-state index in [4.69, 9.17) is 4.98 Å². The fourth-order valence-electron chi connectivity index (χ4n) is 10.4. The van der Waals surface area contributed by atoms with Gasteiger partial charge in [0.15, 0.2) is 24.8 Å². The lowest BCUT2D eigenvalue weighted by molar-refractivity contribution is -0.660. The van der Waals surface area contributed by atoms with Crippen LogP contribution < -0.4 is 18.3 Å². The average molecular weight is 1100 g/mol. The lowest BCUT2D eigenvalue weighted by Crippen LogP contribution is -2.30. The number of nitrogens with zero attached hydrogens (tertiary/aromatic N) is 8. The van der Waals surface area contributed by atoms with E-state index in [0.717, 1.165) is 39.5 Å². The van der Waals surface area contributed by atoms with Crippen LogP contribution in [0, 0.1) is 34.6 Å². The molecule has 12 aromatic rings. The maximum atomic E-state index is 4.79.